The molecule has 0 aliphatic rings. The van der Waals surface area contributed by atoms with Crippen LogP contribution in [0.3, 0.4) is 0 Å². The van der Waals surface area contributed by atoms with Gasteiger partial charge in [0.15, 0.2) is 0 Å². The lowest BCUT2D eigenvalue weighted by Gasteiger charge is -2.19. The smallest absolute Gasteiger partial charge is 0.315 e. The third-order valence-electron chi connectivity index (χ3n) is 3.77. The van der Waals surface area contributed by atoms with Crippen LogP contribution in [0, 0.1) is 0 Å². The average molecular weight is 327 g/mol. The van der Waals surface area contributed by atoms with Crippen LogP contribution in [0.5, 0.6) is 0 Å². The van der Waals surface area contributed by atoms with Crippen molar-refractivity contribution < 1.29 is 14.8 Å². The summed E-state index contributed by atoms with van der Waals surface area (Å²) in [6, 6.07) is 15.7. The Labute approximate surface area is 140 Å². The van der Waals surface area contributed by atoms with Gasteiger partial charge in [-0.1, -0.05) is 42.5 Å². The Morgan fingerprint density at radius 2 is 1.33 bits per heavy atom. The second-order valence-electron chi connectivity index (χ2n) is 5.53. The van der Waals surface area contributed by atoms with Crippen molar-refractivity contribution in [2.24, 2.45) is 0 Å². The quantitative estimate of drug-likeness (QED) is 0.503. The molecule has 0 heterocycles. The first-order valence-corrected chi connectivity index (χ1v) is 7.67. The molecule has 24 heavy (non-hydrogen) atoms. The van der Waals surface area contributed by atoms with Gasteiger partial charge in [0.2, 0.25) is 0 Å². The summed E-state index contributed by atoms with van der Waals surface area (Å²) in [6.45, 7) is 3.77. The maximum atomic E-state index is 12.1. The maximum absolute atomic E-state index is 12.1. The highest BCUT2D eigenvalue weighted by Gasteiger charge is 2.13. The molecule has 0 radical (unpaired) electrons. The van der Waals surface area contributed by atoms with Gasteiger partial charge in [-0.05, 0) is 37.1 Å². The lowest BCUT2D eigenvalue weighted by atomic mass is 10.1. The van der Waals surface area contributed by atoms with Crippen molar-refractivity contribution in [2.45, 2.75) is 25.9 Å². The molecule has 2 aromatic carbocycles. The highest BCUT2D eigenvalue weighted by atomic mass is 16.5. The van der Waals surface area contributed by atoms with E-state index < -0.39 is 5.91 Å². The number of hydrogen-bond donors (Lipinski definition) is 4. The first kappa shape index (κ1) is 17.5. The number of hydrogen-bond acceptors (Lipinski definition) is 3. The number of rotatable bonds is 5. The normalized spacial score (nSPS) is 12.8. The fourth-order valence-corrected chi connectivity index (χ4v) is 2.33. The zero-order chi connectivity index (χ0) is 17.5. The molecule has 2 atom stereocenters. The van der Waals surface area contributed by atoms with E-state index in [0.717, 1.165) is 11.1 Å². The first-order valence-electron chi connectivity index (χ1n) is 7.67. The standard InChI is InChI=1S/C18H21N3O3/c1-12(14-6-4-3-5-7-14)19-18(23)20-13(2)15-8-10-16(11-9-15)17(22)21-24/h3-13,24H,1-2H3,(H,21,22)(H2,19,20,23). The number of amides is 3. The minimum absolute atomic E-state index is 0.103. The summed E-state index contributed by atoms with van der Waals surface area (Å²) in [7, 11) is 0. The molecule has 4 N–H and O–H groups in total. The van der Waals surface area contributed by atoms with Crippen molar-refractivity contribution in [3.05, 3.63) is 71.3 Å². The van der Waals surface area contributed by atoms with Gasteiger partial charge in [-0.25, -0.2) is 10.3 Å². The molecule has 126 valence electrons. The van der Waals surface area contributed by atoms with Gasteiger partial charge < -0.3 is 10.6 Å². The molecule has 2 aromatic rings. The third kappa shape index (κ3) is 4.57. The molecule has 2 unspecified atom stereocenters. The fourth-order valence-electron chi connectivity index (χ4n) is 2.33. The summed E-state index contributed by atoms with van der Waals surface area (Å²) in [4.78, 5) is 23.4. The van der Waals surface area contributed by atoms with Gasteiger partial charge >= 0.3 is 6.03 Å². The van der Waals surface area contributed by atoms with Crippen molar-refractivity contribution in [2.75, 3.05) is 0 Å². The molecule has 0 saturated carbocycles. The summed E-state index contributed by atoms with van der Waals surface area (Å²) in [6.07, 6.45) is 0. The topological polar surface area (TPSA) is 90.5 Å². The van der Waals surface area contributed by atoms with Crippen molar-refractivity contribution in [3.63, 3.8) is 0 Å². The van der Waals surface area contributed by atoms with Gasteiger partial charge in [0, 0.05) is 5.56 Å². The van der Waals surface area contributed by atoms with Crippen LogP contribution in [-0.2, 0) is 0 Å². The van der Waals surface area contributed by atoms with Crippen LogP contribution in [0.4, 0.5) is 4.79 Å². The lowest BCUT2D eigenvalue weighted by Crippen LogP contribution is -2.38. The van der Waals surface area contributed by atoms with Gasteiger partial charge in [0.1, 0.15) is 0 Å². The van der Waals surface area contributed by atoms with E-state index in [0.29, 0.717) is 5.56 Å². The summed E-state index contributed by atoms with van der Waals surface area (Å²) in [5.41, 5.74) is 3.80. The zero-order valence-electron chi connectivity index (χ0n) is 13.6. The lowest BCUT2D eigenvalue weighted by molar-refractivity contribution is 0.0706. The van der Waals surface area contributed by atoms with E-state index in [1.165, 1.54) is 0 Å². The third-order valence-corrected chi connectivity index (χ3v) is 3.77. The Bertz CT molecular complexity index is 686. The number of carbonyl (C=O) groups excluding carboxylic acids is 2. The van der Waals surface area contributed by atoms with Gasteiger partial charge in [-0.2, -0.15) is 0 Å². The molecule has 0 aliphatic heterocycles. The molecule has 0 spiro atoms. The van der Waals surface area contributed by atoms with Gasteiger partial charge in [-0.3, -0.25) is 10.0 Å². The Hall–Kier alpha value is -2.86. The Morgan fingerprint density at radius 1 is 0.833 bits per heavy atom. The van der Waals surface area contributed by atoms with Crippen LogP contribution in [0.1, 0.15) is 47.4 Å². The number of urea groups is 1. The molecule has 0 saturated heterocycles. The van der Waals surface area contributed by atoms with Gasteiger partial charge in [0.25, 0.3) is 5.91 Å². The highest BCUT2D eigenvalue weighted by molar-refractivity contribution is 5.93. The Morgan fingerprint density at radius 3 is 1.83 bits per heavy atom. The van der Waals surface area contributed by atoms with Crippen LogP contribution in [0.2, 0.25) is 0 Å². The van der Waals surface area contributed by atoms with E-state index in [2.05, 4.69) is 10.6 Å². The SMILES string of the molecule is CC(NC(=O)NC(C)c1ccc(C(=O)NO)cc1)c1ccccc1. The van der Waals surface area contributed by atoms with Crippen LogP contribution in [-0.4, -0.2) is 17.1 Å². The Balaban J connectivity index is 1.92. The zero-order valence-corrected chi connectivity index (χ0v) is 13.6. The largest absolute Gasteiger partial charge is 0.332 e. The Kier molecular flexibility index (Phi) is 5.92. The van der Waals surface area contributed by atoms with E-state index in [1.807, 2.05) is 44.2 Å². The maximum Gasteiger partial charge on any atom is 0.315 e. The molecule has 0 aromatic heterocycles. The molecule has 0 fully saturated rings. The second kappa shape index (κ2) is 8.12. The fraction of sp³-hybridized carbons (Fsp3) is 0.222. The van der Waals surface area contributed by atoms with Crippen LogP contribution < -0.4 is 16.1 Å². The number of nitrogens with one attached hydrogen (secondary N) is 3. The van der Waals surface area contributed by atoms with Crippen LogP contribution in [0.25, 0.3) is 0 Å². The monoisotopic (exact) mass is 327 g/mol. The molecule has 6 nitrogen and oxygen atoms in total. The minimum atomic E-state index is -0.573. The van der Waals surface area contributed by atoms with E-state index in [-0.39, 0.29) is 18.1 Å². The predicted molar refractivity (Wildman–Crippen MR) is 90.6 cm³/mol. The summed E-state index contributed by atoms with van der Waals surface area (Å²) in [5.74, 6) is -0.573. The highest BCUT2D eigenvalue weighted by Crippen LogP contribution is 2.15. The van der Waals surface area contributed by atoms with Crippen molar-refractivity contribution in [3.8, 4) is 0 Å². The minimum Gasteiger partial charge on any atom is -0.332 e. The molecule has 0 aliphatic carbocycles. The predicted octanol–water partition coefficient (Wildman–Crippen LogP) is 2.93. The second-order valence-corrected chi connectivity index (χ2v) is 5.53. The molecule has 2 rings (SSSR count). The van der Waals surface area contributed by atoms with Crippen molar-refractivity contribution in [1.29, 1.82) is 0 Å². The number of benzene rings is 2. The molecule has 0 bridgehead atoms. The van der Waals surface area contributed by atoms with E-state index in [4.69, 9.17) is 5.21 Å². The summed E-state index contributed by atoms with van der Waals surface area (Å²) >= 11 is 0. The molecular weight excluding hydrogens is 306 g/mol. The average Bonchev–Trinajstić information content (AvgIpc) is 2.61. The van der Waals surface area contributed by atoms with Gasteiger partial charge in [-0.15, -0.1) is 0 Å². The molecule has 6 heteroatoms. The van der Waals surface area contributed by atoms with Gasteiger partial charge in [0.05, 0.1) is 12.1 Å². The number of carbonyl (C=O) groups is 2. The van der Waals surface area contributed by atoms with Crippen molar-refractivity contribution >= 4 is 11.9 Å². The van der Waals surface area contributed by atoms with E-state index in [1.54, 1.807) is 29.7 Å². The molecular formula is C18H21N3O3. The summed E-state index contributed by atoms with van der Waals surface area (Å²) < 4.78 is 0. The van der Waals surface area contributed by atoms with E-state index >= 15 is 0 Å². The van der Waals surface area contributed by atoms with Crippen molar-refractivity contribution in [1.82, 2.24) is 16.1 Å². The van der Waals surface area contributed by atoms with E-state index in [9.17, 15) is 9.59 Å². The van der Waals surface area contributed by atoms with Crippen LogP contribution >= 0.6 is 0 Å². The molecule has 3 amide bonds. The van der Waals surface area contributed by atoms with Crippen LogP contribution in [0.15, 0.2) is 54.6 Å². The first-order chi connectivity index (χ1) is 11.5. The summed E-state index contributed by atoms with van der Waals surface area (Å²) in [5, 5.41) is 14.3. The number of hydroxylamine groups is 1.